The number of nitrogens with one attached hydrogen (secondary N) is 1. The highest BCUT2D eigenvalue weighted by atomic mass is 16.5. The summed E-state index contributed by atoms with van der Waals surface area (Å²) < 4.78 is 4.99. The Bertz CT molecular complexity index is 661. The molecule has 130 valence electrons. The lowest BCUT2D eigenvalue weighted by Crippen LogP contribution is -2.28. The third kappa shape index (κ3) is 4.34. The lowest BCUT2D eigenvalue weighted by atomic mass is 9.97. The standard InChI is InChI=1S/C18H24N2O4/c1-12-10-13(7-8-14(12)20-9-5-6-16(20)22)19-15(21)11-24-17(23)18(2,3)4/h7-8,10H,5-6,9,11H2,1-4H3,(H,19,21). The van der Waals surface area contributed by atoms with E-state index in [4.69, 9.17) is 4.74 Å². The summed E-state index contributed by atoms with van der Waals surface area (Å²) in [6, 6.07) is 5.39. The van der Waals surface area contributed by atoms with Crippen molar-refractivity contribution < 1.29 is 19.1 Å². The molecule has 0 atom stereocenters. The van der Waals surface area contributed by atoms with Crippen molar-refractivity contribution in [1.82, 2.24) is 0 Å². The monoisotopic (exact) mass is 332 g/mol. The molecule has 6 heteroatoms. The van der Waals surface area contributed by atoms with Crippen LogP contribution in [0.2, 0.25) is 0 Å². The fourth-order valence-electron chi connectivity index (χ4n) is 2.48. The number of ether oxygens (including phenoxy) is 1. The zero-order valence-corrected chi connectivity index (χ0v) is 14.6. The van der Waals surface area contributed by atoms with Crippen LogP contribution < -0.4 is 10.2 Å². The minimum Gasteiger partial charge on any atom is -0.455 e. The molecule has 6 nitrogen and oxygen atoms in total. The molecular weight excluding hydrogens is 308 g/mol. The minimum absolute atomic E-state index is 0.129. The molecule has 0 aliphatic carbocycles. The number of hydrogen-bond acceptors (Lipinski definition) is 4. The molecule has 1 aromatic rings. The van der Waals surface area contributed by atoms with Gasteiger partial charge in [-0.2, -0.15) is 0 Å². The van der Waals surface area contributed by atoms with Crippen LogP contribution in [0.1, 0.15) is 39.2 Å². The molecular formula is C18H24N2O4. The number of benzene rings is 1. The molecule has 24 heavy (non-hydrogen) atoms. The van der Waals surface area contributed by atoms with Crippen molar-refractivity contribution >= 4 is 29.2 Å². The van der Waals surface area contributed by atoms with Crippen molar-refractivity contribution in [1.29, 1.82) is 0 Å². The molecule has 0 saturated carbocycles. The number of nitrogens with zero attached hydrogens (tertiary/aromatic N) is 1. The summed E-state index contributed by atoms with van der Waals surface area (Å²) in [7, 11) is 0. The van der Waals surface area contributed by atoms with E-state index in [9.17, 15) is 14.4 Å². The zero-order chi connectivity index (χ0) is 17.9. The van der Waals surface area contributed by atoms with Crippen molar-refractivity contribution in [3.05, 3.63) is 23.8 Å². The van der Waals surface area contributed by atoms with Gasteiger partial charge < -0.3 is 15.0 Å². The Balaban J connectivity index is 1.96. The average Bonchev–Trinajstić information content (AvgIpc) is 2.90. The number of esters is 1. The third-order valence-corrected chi connectivity index (χ3v) is 3.79. The van der Waals surface area contributed by atoms with Gasteiger partial charge in [0.1, 0.15) is 0 Å². The first-order valence-corrected chi connectivity index (χ1v) is 8.06. The highest BCUT2D eigenvalue weighted by Crippen LogP contribution is 2.27. The number of amides is 2. The van der Waals surface area contributed by atoms with Crippen molar-refractivity contribution in [3.8, 4) is 0 Å². The predicted octanol–water partition coefficient (Wildman–Crippen LogP) is 2.65. The molecule has 1 aromatic carbocycles. The quantitative estimate of drug-likeness (QED) is 0.860. The van der Waals surface area contributed by atoms with Gasteiger partial charge in [0.15, 0.2) is 6.61 Å². The first-order chi connectivity index (χ1) is 11.2. The van der Waals surface area contributed by atoms with E-state index in [2.05, 4.69) is 5.32 Å². The summed E-state index contributed by atoms with van der Waals surface area (Å²) in [6.45, 7) is 7.50. The summed E-state index contributed by atoms with van der Waals surface area (Å²) in [5.74, 6) is -0.683. The molecule has 1 fully saturated rings. The second-order valence-corrected chi connectivity index (χ2v) is 7.02. The molecule has 0 radical (unpaired) electrons. The van der Waals surface area contributed by atoms with Crippen LogP contribution in [0.5, 0.6) is 0 Å². The molecule has 2 amide bonds. The fourth-order valence-corrected chi connectivity index (χ4v) is 2.48. The van der Waals surface area contributed by atoms with Gasteiger partial charge in [0.05, 0.1) is 5.41 Å². The number of carbonyl (C=O) groups excluding carboxylic acids is 3. The lowest BCUT2D eigenvalue weighted by molar-refractivity contribution is -0.155. The predicted molar refractivity (Wildman–Crippen MR) is 91.8 cm³/mol. The summed E-state index contributed by atoms with van der Waals surface area (Å²) in [6.07, 6.45) is 1.45. The number of rotatable bonds is 4. The number of anilines is 2. The van der Waals surface area contributed by atoms with E-state index in [1.165, 1.54) is 0 Å². The van der Waals surface area contributed by atoms with E-state index in [0.717, 1.165) is 24.2 Å². The highest BCUT2D eigenvalue weighted by molar-refractivity contribution is 5.97. The maximum atomic E-state index is 11.9. The van der Waals surface area contributed by atoms with Crippen molar-refractivity contribution in [3.63, 3.8) is 0 Å². The Morgan fingerprint density at radius 2 is 2.00 bits per heavy atom. The molecule has 1 aliphatic heterocycles. The van der Waals surface area contributed by atoms with Crippen LogP contribution in [0.15, 0.2) is 18.2 Å². The van der Waals surface area contributed by atoms with E-state index in [1.54, 1.807) is 31.7 Å². The van der Waals surface area contributed by atoms with Gasteiger partial charge in [0, 0.05) is 24.3 Å². The Morgan fingerprint density at radius 1 is 1.29 bits per heavy atom. The van der Waals surface area contributed by atoms with Crippen LogP contribution in [-0.4, -0.2) is 30.9 Å². The molecule has 0 bridgehead atoms. The van der Waals surface area contributed by atoms with E-state index < -0.39 is 17.3 Å². The molecule has 1 N–H and O–H groups in total. The van der Waals surface area contributed by atoms with Crippen molar-refractivity contribution in [2.75, 3.05) is 23.4 Å². The van der Waals surface area contributed by atoms with E-state index in [0.29, 0.717) is 12.1 Å². The Hall–Kier alpha value is -2.37. The largest absolute Gasteiger partial charge is 0.455 e. The number of carbonyl (C=O) groups is 3. The first-order valence-electron chi connectivity index (χ1n) is 8.06. The molecule has 0 spiro atoms. The van der Waals surface area contributed by atoms with E-state index in [-0.39, 0.29) is 12.5 Å². The molecule has 1 aliphatic rings. The van der Waals surface area contributed by atoms with Gasteiger partial charge in [-0.05, 0) is 57.9 Å². The highest BCUT2D eigenvalue weighted by Gasteiger charge is 2.24. The summed E-state index contributed by atoms with van der Waals surface area (Å²) in [5, 5.41) is 2.70. The van der Waals surface area contributed by atoms with Gasteiger partial charge >= 0.3 is 5.97 Å². The minimum atomic E-state index is -0.638. The van der Waals surface area contributed by atoms with Gasteiger partial charge in [-0.3, -0.25) is 14.4 Å². The van der Waals surface area contributed by atoms with Gasteiger partial charge in [-0.25, -0.2) is 0 Å². The van der Waals surface area contributed by atoms with Gasteiger partial charge in [0.25, 0.3) is 5.91 Å². The summed E-state index contributed by atoms with van der Waals surface area (Å²) in [5.41, 5.74) is 1.75. The van der Waals surface area contributed by atoms with Crippen LogP contribution in [0, 0.1) is 12.3 Å². The SMILES string of the molecule is Cc1cc(NC(=O)COC(=O)C(C)(C)C)ccc1N1CCCC1=O. The van der Waals surface area contributed by atoms with Crippen molar-refractivity contribution in [2.24, 2.45) is 5.41 Å². The maximum Gasteiger partial charge on any atom is 0.311 e. The number of hydrogen-bond donors (Lipinski definition) is 1. The molecule has 0 aromatic heterocycles. The normalized spacial score (nSPS) is 14.7. The molecule has 2 rings (SSSR count). The van der Waals surface area contributed by atoms with Crippen LogP contribution in [-0.2, 0) is 19.1 Å². The Morgan fingerprint density at radius 3 is 2.54 bits per heavy atom. The van der Waals surface area contributed by atoms with E-state index in [1.807, 2.05) is 19.1 Å². The summed E-state index contributed by atoms with van der Waals surface area (Å²) in [4.78, 5) is 37.2. The Labute approximate surface area is 142 Å². The Kier molecular flexibility index (Phi) is 5.26. The molecule has 1 heterocycles. The van der Waals surface area contributed by atoms with Crippen molar-refractivity contribution in [2.45, 2.75) is 40.5 Å². The fraction of sp³-hybridized carbons (Fsp3) is 0.500. The molecule has 0 unspecified atom stereocenters. The first kappa shape index (κ1) is 18.0. The van der Waals surface area contributed by atoms with Crippen LogP contribution in [0.3, 0.4) is 0 Å². The summed E-state index contributed by atoms with van der Waals surface area (Å²) >= 11 is 0. The van der Waals surface area contributed by atoms with Crippen LogP contribution in [0.25, 0.3) is 0 Å². The topological polar surface area (TPSA) is 75.7 Å². The third-order valence-electron chi connectivity index (χ3n) is 3.79. The number of aryl methyl sites for hydroxylation is 1. The zero-order valence-electron chi connectivity index (χ0n) is 14.6. The second-order valence-electron chi connectivity index (χ2n) is 7.02. The van der Waals surface area contributed by atoms with Crippen LogP contribution in [0.4, 0.5) is 11.4 Å². The molecule has 1 saturated heterocycles. The average molecular weight is 332 g/mol. The van der Waals surface area contributed by atoms with Crippen LogP contribution >= 0.6 is 0 Å². The van der Waals surface area contributed by atoms with Gasteiger partial charge in [0.2, 0.25) is 5.91 Å². The second kappa shape index (κ2) is 7.03. The smallest absolute Gasteiger partial charge is 0.311 e. The van der Waals surface area contributed by atoms with Gasteiger partial charge in [-0.1, -0.05) is 0 Å². The maximum absolute atomic E-state index is 11.9. The lowest BCUT2D eigenvalue weighted by Gasteiger charge is -2.19. The van der Waals surface area contributed by atoms with E-state index >= 15 is 0 Å². The van der Waals surface area contributed by atoms with Gasteiger partial charge in [-0.15, -0.1) is 0 Å².